The Morgan fingerprint density at radius 1 is 1.07 bits per heavy atom. The predicted octanol–water partition coefficient (Wildman–Crippen LogP) is 4.84. The summed E-state index contributed by atoms with van der Waals surface area (Å²) in [7, 11) is 0. The van der Waals surface area contributed by atoms with Gasteiger partial charge in [0.2, 0.25) is 0 Å². The second-order valence-electron chi connectivity index (χ2n) is 7.91. The Labute approximate surface area is 181 Å². The molecule has 30 heavy (non-hydrogen) atoms. The van der Waals surface area contributed by atoms with Crippen LogP contribution in [-0.2, 0) is 13.0 Å². The molecule has 2 amide bonds. The van der Waals surface area contributed by atoms with E-state index in [-0.39, 0.29) is 11.5 Å². The summed E-state index contributed by atoms with van der Waals surface area (Å²) < 4.78 is 0. The Kier molecular flexibility index (Phi) is 5.17. The molecule has 3 heterocycles. The van der Waals surface area contributed by atoms with Gasteiger partial charge >= 0.3 is 6.03 Å². The molecule has 2 aromatic carbocycles. The number of allylic oxidation sites excluding steroid dienone is 1. The average Bonchev–Trinajstić information content (AvgIpc) is 3.45. The Hall–Kier alpha value is -2.86. The predicted molar refractivity (Wildman–Crippen MR) is 123 cm³/mol. The molecule has 1 N–H and O–H groups in total. The zero-order chi connectivity index (χ0) is 20.5. The Bertz CT molecular complexity index is 1080. The highest BCUT2D eigenvalue weighted by Crippen LogP contribution is 2.36. The molecule has 1 saturated heterocycles. The number of hydrogen-bond acceptors (Lipinski definition) is 3. The Morgan fingerprint density at radius 2 is 1.87 bits per heavy atom. The lowest BCUT2D eigenvalue weighted by atomic mass is 10.1. The minimum Gasteiger partial charge on any atom is -0.361 e. The topological polar surface area (TPSA) is 42.6 Å². The number of benzene rings is 2. The summed E-state index contributed by atoms with van der Waals surface area (Å²) in [6, 6.07) is 19.0. The number of amides is 2. The van der Waals surface area contributed by atoms with Crippen LogP contribution >= 0.6 is 11.8 Å². The number of aromatic amines is 1. The fourth-order valence-electron chi connectivity index (χ4n) is 4.31. The maximum atomic E-state index is 13.2. The summed E-state index contributed by atoms with van der Waals surface area (Å²) in [6.07, 6.45) is 2.94. The number of urea groups is 1. The molecular weight excluding hydrogens is 392 g/mol. The normalized spacial score (nSPS) is 19.2. The highest BCUT2D eigenvalue weighted by molar-refractivity contribution is 8.02. The molecule has 0 spiro atoms. The lowest BCUT2D eigenvalue weighted by Gasteiger charge is -2.34. The van der Waals surface area contributed by atoms with E-state index in [1.54, 1.807) is 11.8 Å². The number of carbonyl (C=O) groups excluding carboxylic acids is 1. The summed E-state index contributed by atoms with van der Waals surface area (Å²) in [5, 5.41) is 3.43. The van der Waals surface area contributed by atoms with Gasteiger partial charge < -0.3 is 14.8 Å². The molecule has 1 atom stereocenters. The van der Waals surface area contributed by atoms with Crippen molar-refractivity contribution in [1.82, 2.24) is 19.7 Å². The zero-order valence-electron chi connectivity index (χ0n) is 17.1. The monoisotopic (exact) mass is 418 g/mol. The number of nitrogens with one attached hydrogen (secondary N) is 1. The SMILES string of the molecule is CC1=CSC(N2CCN(CCc3c[nH]c4ccccc34)C2=O)N1Cc1ccccc1. The van der Waals surface area contributed by atoms with Crippen LogP contribution < -0.4 is 0 Å². The van der Waals surface area contributed by atoms with E-state index in [1.807, 2.05) is 21.9 Å². The number of fused-ring (bicyclic) bond motifs is 1. The van der Waals surface area contributed by atoms with Gasteiger partial charge in [-0.05, 0) is 35.9 Å². The van der Waals surface area contributed by atoms with Crippen molar-refractivity contribution >= 4 is 28.7 Å². The molecule has 6 heteroatoms. The molecule has 154 valence electrons. The summed E-state index contributed by atoms with van der Waals surface area (Å²) in [6.45, 7) is 5.26. The van der Waals surface area contributed by atoms with Crippen molar-refractivity contribution in [1.29, 1.82) is 0 Å². The van der Waals surface area contributed by atoms with Gasteiger partial charge in [0.1, 0.15) is 0 Å². The van der Waals surface area contributed by atoms with E-state index in [2.05, 4.69) is 70.9 Å². The molecule has 0 bridgehead atoms. The van der Waals surface area contributed by atoms with Crippen LogP contribution in [0, 0.1) is 0 Å². The van der Waals surface area contributed by atoms with E-state index in [4.69, 9.17) is 0 Å². The standard InChI is InChI=1S/C24H26N4OS/c1-18-17-30-24(28(18)16-19-7-3-2-4-8-19)27-14-13-26(23(27)29)12-11-20-15-25-22-10-6-5-9-21(20)22/h2-10,15,17,24-25H,11-14,16H2,1H3. The number of hydrogen-bond donors (Lipinski definition) is 1. The minimum absolute atomic E-state index is 0.0378. The van der Waals surface area contributed by atoms with Gasteiger partial charge in [-0.2, -0.15) is 0 Å². The van der Waals surface area contributed by atoms with E-state index in [0.717, 1.165) is 38.1 Å². The third kappa shape index (κ3) is 3.56. The van der Waals surface area contributed by atoms with Gasteiger partial charge in [-0.15, -0.1) is 0 Å². The molecule has 2 aliphatic rings. The highest BCUT2D eigenvalue weighted by Gasteiger charge is 2.38. The van der Waals surface area contributed by atoms with Gasteiger partial charge in [0.05, 0.1) is 0 Å². The molecule has 5 nitrogen and oxygen atoms in total. The lowest BCUT2D eigenvalue weighted by Crippen LogP contribution is -2.45. The zero-order valence-corrected chi connectivity index (χ0v) is 17.9. The molecule has 0 aliphatic carbocycles. The Balaban J connectivity index is 1.25. The molecule has 1 unspecified atom stereocenters. The lowest BCUT2D eigenvalue weighted by molar-refractivity contribution is 0.150. The maximum absolute atomic E-state index is 13.2. The summed E-state index contributed by atoms with van der Waals surface area (Å²) in [4.78, 5) is 22.9. The third-order valence-corrected chi connectivity index (χ3v) is 7.22. The molecule has 1 fully saturated rings. The molecule has 1 aromatic heterocycles. The van der Waals surface area contributed by atoms with Gasteiger partial charge in [0.15, 0.2) is 5.50 Å². The number of thioether (sulfide) groups is 1. The van der Waals surface area contributed by atoms with E-state index in [1.165, 1.54) is 22.2 Å². The van der Waals surface area contributed by atoms with Crippen LogP contribution in [-0.4, -0.2) is 50.8 Å². The van der Waals surface area contributed by atoms with Crippen molar-refractivity contribution in [3.05, 3.63) is 83.0 Å². The van der Waals surface area contributed by atoms with Crippen molar-refractivity contribution in [2.45, 2.75) is 25.4 Å². The quantitative estimate of drug-likeness (QED) is 0.623. The Morgan fingerprint density at radius 3 is 2.73 bits per heavy atom. The van der Waals surface area contributed by atoms with Crippen LogP contribution in [0.2, 0.25) is 0 Å². The molecule has 0 radical (unpaired) electrons. The molecule has 0 saturated carbocycles. The van der Waals surface area contributed by atoms with E-state index in [0.29, 0.717) is 0 Å². The molecule has 3 aromatic rings. The largest absolute Gasteiger partial charge is 0.361 e. The van der Waals surface area contributed by atoms with Gasteiger partial charge in [0, 0.05) is 49.0 Å². The van der Waals surface area contributed by atoms with Gasteiger partial charge in [-0.1, -0.05) is 60.3 Å². The van der Waals surface area contributed by atoms with Crippen LogP contribution in [0.15, 0.2) is 71.9 Å². The number of carbonyl (C=O) groups is 1. The van der Waals surface area contributed by atoms with Crippen molar-refractivity contribution in [3.63, 3.8) is 0 Å². The fourth-order valence-corrected chi connectivity index (χ4v) is 5.49. The second kappa shape index (κ2) is 8.11. The van der Waals surface area contributed by atoms with Crippen molar-refractivity contribution in [2.75, 3.05) is 19.6 Å². The highest BCUT2D eigenvalue weighted by atomic mass is 32.2. The summed E-state index contributed by atoms with van der Waals surface area (Å²) in [5.41, 5.74) is 4.95. The van der Waals surface area contributed by atoms with E-state index < -0.39 is 0 Å². The molecule has 2 aliphatic heterocycles. The smallest absolute Gasteiger partial charge is 0.322 e. The van der Waals surface area contributed by atoms with E-state index >= 15 is 0 Å². The van der Waals surface area contributed by atoms with Crippen LogP contribution in [0.5, 0.6) is 0 Å². The van der Waals surface area contributed by atoms with Crippen LogP contribution in [0.3, 0.4) is 0 Å². The summed E-state index contributed by atoms with van der Waals surface area (Å²) >= 11 is 1.74. The van der Waals surface area contributed by atoms with Crippen LogP contribution in [0.25, 0.3) is 10.9 Å². The first-order chi connectivity index (χ1) is 14.7. The number of H-pyrrole nitrogens is 1. The van der Waals surface area contributed by atoms with Gasteiger partial charge in [0.25, 0.3) is 0 Å². The maximum Gasteiger partial charge on any atom is 0.322 e. The van der Waals surface area contributed by atoms with Gasteiger partial charge in [-0.25, -0.2) is 4.79 Å². The number of nitrogens with zero attached hydrogens (tertiary/aromatic N) is 3. The van der Waals surface area contributed by atoms with Crippen molar-refractivity contribution in [2.24, 2.45) is 0 Å². The van der Waals surface area contributed by atoms with E-state index in [9.17, 15) is 4.79 Å². The summed E-state index contributed by atoms with van der Waals surface area (Å²) in [5.74, 6) is 0. The van der Waals surface area contributed by atoms with Crippen LogP contribution in [0.4, 0.5) is 4.79 Å². The second-order valence-corrected chi connectivity index (χ2v) is 8.84. The third-order valence-electron chi connectivity index (χ3n) is 6.00. The first kappa shape index (κ1) is 19.1. The first-order valence-corrected chi connectivity index (χ1v) is 11.4. The minimum atomic E-state index is 0.0378. The first-order valence-electron chi connectivity index (χ1n) is 10.4. The average molecular weight is 419 g/mol. The number of para-hydroxylation sites is 1. The number of rotatable bonds is 6. The van der Waals surface area contributed by atoms with Crippen LogP contribution in [0.1, 0.15) is 18.1 Å². The van der Waals surface area contributed by atoms with Crippen molar-refractivity contribution in [3.8, 4) is 0 Å². The molecular formula is C24H26N4OS. The van der Waals surface area contributed by atoms with Gasteiger partial charge in [-0.3, -0.25) is 4.90 Å². The van der Waals surface area contributed by atoms with Crippen molar-refractivity contribution < 1.29 is 4.79 Å². The number of aromatic nitrogens is 1. The fraction of sp³-hybridized carbons (Fsp3) is 0.292. The molecule has 5 rings (SSSR count).